The molecule has 0 saturated heterocycles. The molecule has 0 radical (unpaired) electrons. The number of rotatable bonds is 7. The van der Waals surface area contributed by atoms with Crippen molar-refractivity contribution in [2.75, 3.05) is 25.9 Å². The zero-order chi connectivity index (χ0) is 27.7. The van der Waals surface area contributed by atoms with Crippen LogP contribution in [0.2, 0.25) is 0 Å². The van der Waals surface area contributed by atoms with Gasteiger partial charge < -0.3 is 20.6 Å². The topological polar surface area (TPSA) is 159 Å². The second-order valence-corrected chi connectivity index (χ2v) is 10.9. The van der Waals surface area contributed by atoms with Gasteiger partial charge in [0.15, 0.2) is 0 Å². The van der Waals surface area contributed by atoms with Crippen LogP contribution >= 0.6 is 0 Å². The van der Waals surface area contributed by atoms with Gasteiger partial charge in [-0.3, -0.25) is 4.79 Å². The fourth-order valence-corrected chi connectivity index (χ4v) is 5.81. The van der Waals surface area contributed by atoms with Crippen LogP contribution in [-0.4, -0.2) is 65.4 Å². The normalized spacial score (nSPS) is 12.9. The monoisotopic (exact) mass is 546 g/mol. The molecule has 1 aliphatic rings. The zero-order valence-corrected chi connectivity index (χ0v) is 21.9. The van der Waals surface area contributed by atoms with Crippen molar-refractivity contribution in [3.8, 4) is 11.1 Å². The minimum atomic E-state index is -3.99. The van der Waals surface area contributed by atoms with Gasteiger partial charge in [0.1, 0.15) is 5.69 Å². The number of anilines is 1. The minimum absolute atomic E-state index is 0.0153. The molecule has 0 saturated carbocycles. The molecule has 0 fully saturated rings. The molecule has 0 bridgehead atoms. The molecule has 11 nitrogen and oxygen atoms in total. The van der Waals surface area contributed by atoms with Gasteiger partial charge in [-0.2, -0.15) is 0 Å². The zero-order valence-electron chi connectivity index (χ0n) is 21.0. The van der Waals surface area contributed by atoms with Gasteiger partial charge in [-0.25, -0.2) is 27.9 Å². The molecule has 0 atom stereocenters. The number of amides is 2. The molecule has 2 amide bonds. The van der Waals surface area contributed by atoms with E-state index < -0.39 is 16.1 Å². The van der Waals surface area contributed by atoms with E-state index in [1.54, 1.807) is 41.3 Å². The van der Waals surface area contributed by atoms with Crippen molar-refractivity contribution in [3.63, 3.8) is 0 Å². The van der Waals surface area contributed by atoms with E-state index in [4.69, 9.17) is 10.8 Å². The average Bonchev–Trinajstić information content (AvgIpc) is 3.36. The summed E-state index contributed by atoms with van der Waals surface area (Å²) >= 11 is 0. The summed E-state index contributed by atoms with van der Waals surface area (Å²) in [4.78, 5) is 35.9. The minimum Gasteiger partial charge on any atom is -0.465 e. The van der Waals surface area contributed by atoms with E-state index in [9.17, 15) is 18.0 Å². The molecule has 0 spiro atoms. The van der Waals surface area contributed by atoms with Crippen molar-refractivity contribution in [1.29, 1.82) is 0 Å². The molecule has 0 aliphatic carbocycles. The number of carbonyl (C=O) groups is 2. The number of carbonyl (C=O) groups excluding carboxylic acids is 1. The van der Waals surface area contributed by atoms with Gasteiger partial charge in [0.05, 0.1) is 10.4 Å². The van der Waals surface area contributed by atoms with Crippen LogP contribution in [-0.2, 0) is 23.1 Å². The molecule has 0 unspecified atom stereocenters. The van der Waals surface area contributed by atoms with Crippen molar-refractivity contribution < 1.29 is 23.1 Å². The second-order valence-electron chi connectivity index (χ2n) is 9.19. The predicted molar refractivity (Wildman–Crippen MR) is 145 cm³/mol. The first-order chi connectivity index (χ1) is 18.6. The largest absolute Gasteiger partial charge is 0.465 e. The summed E-state index contributed by atoms with van der Waals surface area (Å²) in [7, 11) is -2.63. The second kappa shape index (κ2) is 10.3. The van der Waals surface area contributed by atoms with Gasteiger partial charge in [0, 0.05) is 44.2 Å². The van der Waals surface area contributed by atoms with Gasteiger partial charge in [-0.15, -0.1) is 0 Å². The summed E-state index contributed by atoms with van der Waals surface area (Å²) < 4.78 is 28.8. The maximum atomic E-state index is 13.6. The molecular weight excluding hydrogens is 520 g/mol. The van der Waals surface area contributed by atoms with Crippen molar-refractivity contribution >= 4 is 38.9 Å². The number of likely N-dealkylation sites (N-methyl/N-ethyl adjacent to an activating group) is 1. The number of benzene rings is 3. The Morgan fingerprint density at radius 1 is 1.03 bits per heavy atom. The summed E-state index contributed by atoms with van der Waals surface area (Å²) in [5, 5.41) is 9.45. The molecule has 200 valence electrons. The number of nitrogens with two attached hydrogens (primary N) is 1. The van der Waals surface area contributed by atoms with Gasteiger partial charge >= 0.3 is 6.09 Å². The average molecular weight is 547 g/mol. The fourth-order valence-electron chi connectivity index (χ4n) is 4.56. The third-order valence-corrected chi connectivity index (χ3v) is 8.12. The van der Waals surface area contributed by atoms with Crippen molar-refractivity contribution in [1.82, 2.24) is 24.5 Å². The molecule has 39 heavy (non-hydrogen) atoms. The van der Waals surface area contributed by atoms with Crippen molar-refractivity contribution in [2.24, 2.45) is 0 Å². The van der Waals surface area contributed by atoms with Crippen LogP contribution in [0.3, 0.4) is 0 Å². The Hall–Kier alpha value is -4.55. The van der Waals surface area contributed by atoms with Gasteiger partial charge in [-0.05, 0) is 34.9 Å². The number of hydrogen-bond acceptors (Lipinski definition) is 7. The first kappa shape index (κ1) is 26.1. The Labute approximate surface area is 225 Å². The third-order valence-electron chi connectivity index (χ3n) is 6.60. The van der Waals surface area contributed by atoms with E-state index in [1.807, 2.05) is 24.3 Å². The molecule has 1 aromatic heterocycles. The van der Waals surface area contributed by atoms with E-state index in [0.29, 0.717) is 35.1 Å². The fraction of sp³-hybridized carbons (Fsp3) is 0.185. The Balaban J connectivity index is 1.50. The van der Waals surface area contributed by atoms with E-state index >= 15 is 0 Å². The van der Waals surface area contributed by atoms with Crippen LogP contribution in [0.1, 0.15) is 21.6 Å². The number of aromatic nitrogens is 2. The highest BCUT2D eigenvalue weighted by atomic mass is 32.2. The third kappa shape index (κ3) is 5.24. The summed E-state index contributed by atoms with van der Waals surface area (Å²) in [6.07, 6.45) is -1.16. The lowest BCUT2D eigenvalue weighted by atomic mass is 10.0. The molecular formula is C27H26N6O5S. The molecule has 12 heteroatoms. The number of nitrogens with one attached hydrogen (secondary N) is 1. The molecule has 3 aromatic carbocycles. The maximum Gasteiger partial charge on any atom is 0.407 e. The van der Waals surface area contributed by atoms with Crippen LogP contribution in [0.4, 0.5) is 10.7 Å². The number of sulfonamides is 1. The standard InChI is InChI=1S/C27H26N6O5S/c1-32(27(35)36)13-12-29-39(37,38)23-9-5-4-8-20(23)17-10-11-22-21(14-17)24(31-26(28)30-22)25(34)33-15-18-6-2-3-7-19(18)16-33/h2-11,14,29H,12-13,15-16H2,1H3,(H,35,36)(H2,28,30,31). The number of carboxylic acid groups (broad SMARTS) is 1. The lowest BCUT2D eigenvalue weighted by molar-refractivity contribution is 0.0747. The molecule has 5 rings (SSSR count). The first-order valence-corrected chi connectivity index (χ1v) is 13.6. The highest BCUT2D eigenvalue weighted by Crippen LogP contribution is 2.32. The smallest absolute Gasteiger partial charge is 0.407 e. The number of nitrogens with zero attached hydrogens (tertiary/aromatic N) is 4. The maximum absolute atomic E-state index is 13.6. The van der Waals surface area contributed by atoms with Crippen LogP contribution in [0.5, 0.6) is 0 Å². The highest BCUT2D eigenvalue weighted by molar-refractivity contribution is 7.89. The Morgan fingerprint density at radius 2 is 1.69 bits per heavy atom. The van der Waals surface area contributed by atoms with E-state index in [1.165, 1.54) is 13.1 Å². The quantitative estimate of drug-likeness (QED) is 0.319. The number of hydrogen-bond donors (Lipinski definition) is 3. The first-order valence-electron chi connectivity index (χ1n) is 12.1. The highest BCUT2D eigenvalue weighted by Gasteiger charge is 2.27. The van der Waals surface area contributed by atoms with Crippen LogP contribution in [0.25, 0.3) is 22.0 Å². The van der Waals surface area contributed by atoms with Gasteiger partial charge in [-0.1, -0.05) is 48.5 Å². The summed E-state index contributed by atoms with van der Waals surface area (Å²) in [5.41, 5.74) is 9.62. The van der Waals surface area contributed by atoms with Gasteiger partial charge in [0.2, 0.25) is 16.0 Å². The summed E-state index contributed by atoms with van der Waals surface area (Å²) in [6, 6.07) is 19.4. The molecule has 2 heterocycles. The lowest BCUT2D eigenvalue weighted by Crippen LogP contribution is -2.35. The lowest BCUT2D eigenvalue weighted by Gasteiger charge is -2.17. The Morgan fingerprint density at radius 3 is 2.38 bits per heavy atom. The number of nitrogen functional groups attached to an aromatic ring is 1. The van der Waals surface area contributed by atoms with E-state index in [-0.39, 0.29) is 35.5 Å². The van der Waals surface area contributed by atoms with Crippen LogP contribution < -0.4 is 10.5 Å². The van der Waals surface area contributed by atoms with Crippen molar-refractivity contribution in [3.05, 3.63) is 83.6 Å². The predicted octanol–water partition coefficient (Wildman–Crippen LogP) is 2.92. The Bertz CT molecular complexity index is 1680. The summed E-state index contributed by atoms with van der Waals surface area (Å²) in [5.74, 6) is -0.332. The number of fused-ring (bicyclic) bond motifs is 2. The van der Waals surface area contributed by atoms with Gasteiger partial charge in [0.25, 0.3) is 5.91 Å². The van der Waals surface area contributed by atoms with E-state index in [0.717, 1.165) is 16.0 Å². The SMILES string of the molecule is CN(CCNS(=O)(=O)c1ccccc1-c1ccc2nc(N)nc(C(=O)N3Cc4ccccc4C3)c2c1)C(=O)O. The molecule has 4 N–H and O–H groups in total. The van der Waals surface area contributed by atoms with Crippen molar-refractivity contribution in [2.45, 2.75) is 18.0 Å². The van der Waals surface area contributed by atoms with Crippen LogP contribution in [0, 0.1) is 0 Å². The van der Waals surface area contributed by atoms with E-state index in [2.05, 4.69) is 14.7 Å². The molecule has 1 aliphatic heterocycles. The summed E-state index contributed by atoms with van der Waals surface area (Å²) in [6.45, 7) is 0.784. The van der Waals surface area contributed by atoms with Crippen LogP contribution in [0.15, 0.2) is 71.6 Å². The molecule has 4 aromatic rings. The Kier molecular flexibility index (Phi) is 6.89.